The molecular weight excluding hydrogens is 529 g/mol. The predicted molar refractivity (Wildman–Crippen MR) is 132 cm³/mol. The summed E-state index contributed by atoms with van der Waals surface area (Å²) in [6.45, 7) is 2.45. The Bertz CT molecular complexity index is 1290. The van der Waals surface area contributed by atoms with E-state index in [4.69, 9.17) is 11.6 Å². The Hall–Kier alpha value is -3.68. The van der Waals surface area contributed by atoms with Crippen molar-refractivity contribution in [3.8, 4) is 6.01 Å². The van der Waals surface area contributed by atoms with Gasteiger partial charge in [0.05, 0.1) is 5.54 Å². The SMILES string of the molecule is CCCNC(=O)c1ccc(Nc2nc(NC3(c4ccc(Cl)cc4)CC3)nc(OC(O)(O)C(F)(F)F)n2)cc1. The van der Waals surface area contributed by atoms with Crippen LogP contribution in [0.2, 0.25) is 5.02 Å². The number of nitrogens with one attached hydrogen (secondary N) is 3. The highest BCUT2D eigenvalue weighted by atomic mass is 35.5. The standard InChI is InChI=1S/C24H24ClF3N6O4/c1-2-13-29-18(35)14-3-9-17(10-4-14)30-19-31-20(33-21(32-19)38-24(36,37)23(26,27)28)34-22(11-12-22)15-5-7-16(25)8-6-15/h3-10,36-37H,2,11-13H2,1H3,(H,29,35)(H2,30,31,32,33,34). The molecule has 1 aliphatic rings. The molecule has 1 saturated carbocycles. The molecule has 0 atom stereocenters. The van der Waals surface area contributed by atoms with E-state index in [1.54, 1.807) is 48.5 Å². The van der Waals surface area contributed by atoms with Crippen molar-refractivity contribution in [2.24, 2.45) is 0 Å². The second kappa shape index (κ2) is 10.6. The van der Waals surface area contributed by atoms with Gasteiger partial charge in [0, 0.05) is 22.8 Å². The minimum atomic E-state index is -5.55. The third-order valence-corrected chi connectivity index (χ3v) is 5.91. The van der Waals surface area contributed by atoms with Crippen LogP contribution >= 0.6 is 11.6 Å². The number of rotatable bonds is 10. The van der Waals surface area contributed by atoms with Gasteiger partial charge in [0.1, 0.15) is 0 Å². The van der Waals surface area contributed by atoms with E-state index in [-0.39, 0.29) is 17.8 Å². The number of hydrogen-bond acceptors (Lipinski definition) is 9. The largest absolute Gasteiger partial charge is 0.486 e. The zero-order chi connectivity index (χ0) is 27.6. The molecule has 1 heterocycles. The normalized spacial score (nSPS) is 14.5. The third-order valence-electron chi connectivity index (χ3n) is 5.65. The Labute approximate surface area is 220 Å². The van der Waals surface area contributed by atoms with Crippen LogP contribution in [0.1, 0.15) is 42.1 Å². The van der Waals surface area contributed by atoms with Crippen LogP contribution in [0.25, 0.3) is 0 Å². The number of anilines is 3. The molecule has 0 aliphatic heterocycles. The fourth-order valence-electron chi connectivity index (χ4n) is 3.47. The van der Waals surface area contributed by atoms with E-state index >= 15 is 0 Å². The lowest BCUT2D eigenvalue weighted by molar-refractivity contribution is -0.430. The second-order valence-electron chi connectivity index (χ2n) is 8.65. The summed E-state index contributed by atoms with van der Waals surface area (Å²) in [5.41, 5.74) is 1.05. The van der Waals surface area contributed by atoms with Crippen molar-refractivity contribution in [1.29, 1.82) is 0 Å². The molecule has 0 bridgehead atoms. The predicted octanol–water partition coefficient (Wildman–Crippen LogP) is 4.09. The molecule has 1 aromatic heterocycles. The van der Waals surface area contributed by atoms with Gasteiger partial charge in [0.25, 0.3) is 5.91 Å². The molecule has 0 unspecified atom stereocenters. The van der Waals surface area contributed by atoms with Crippen molar-refractivity contribution in [2.75, 3.05) is 17.2 Å². The van der Waals surface area contributed by atoms with Gasteiger partial charge in [-0.25, -0.2) is 0 Å². The van der Waals surface area contributed by atoms with Crippen LogP contribution < -0.4 is 20.7 Å². The van der Waals surface area contributed by atoms with Crippen LogP contribution in [0.15, 0.2) is 48.5 Å². The van der Waals surface area contributed by atoms with Crippen LogP contribution in [0.5, 0.6) is 6.01 Å². The number of amides is 1. The first-order valence-electron chi connectivity index (χ1n) is 11.6. The lowest BCUT2D eigenvalue weighted by Crippen LogP contribution is -2.50. The summed E-state index contributed by atoms with van der Waals surface area (Å²) in [5.74, 6) is -5.21. The van der Waals surface area contributed by atoms with E-state index in [9.17, 15) is 28.2 Å². The highest BCUT2D eigenvalue weighted by Gasteiger charge is 2.57. The van der Waals surface area contributed by atoms with Gasteiger partial charge in [-0.3, -0.25) is 4.79 Å². The maximum atomic E-state index is 13.0. The minimum absolute atomic E-state index is 0.168. The maximum absolute atomic E-state index is 13.0. The fraction of sp³-hybridized carbons (Fsp3) is 0.333. The fourth-order valence-corrected chi connectivity index (χ4v) is 3.59. The molecule has 0 radical (unpaired) electrons. The second-order valence-corrected chi connectivity index (χ2v) is 9.08. The van der Waals surface area contributed by atoms with Crippen molar-refractivity contribution >= 4 is 35.1 Å². The number of alkyl halides is 3. The molecule has 0 saturated heterocycles. The Morgan fingerprint density at radius 2 is 1.66 bits per heavy atom. The van der Waals surface area contributed by atoms with E-state index < -0.39 is 23.7 Å². The Balaban J connectivity index is 1.61. The van der Waals surface area contributed by atoms with Crippen molar-refractivity contribution in [3.63, 3.8) is 0 Å². The highest BCUT2D eigenvalue weighted by molar-refractivity contribution is 6.30. The van der Waals surface area contributed by atoms with Gasteiger partial charge in [-0.2, -0.15) is 28.1 Å². The maximum Gasteiger partial charge on any atom is 0.486 e. The number of carbonyl (C=O) groups excluding carboxylic acids is 1. The van der Waals surface area contributed by atoms with E-state index in [0.29, 0.717) is 35.7 Å². The summed E-state index contributed by atoms with van der Waals surface area (Å²) in [6, 6.07) is 12.2. The first-order valence-corrected chi connectivity index (χ1v) is 11.9. The van der Waals surface area contributed by atoms with Gasteiger partial charge in [-0.1, -0.05) is 30.7 Å². The van der Waals surface area contributed by atoms with Crippen molar-refractivity contribution in [2.45, 2.75) is 43.9 Å². The molecule has 14 heteroatoms. The summed E-state index contributed by atoms with van der Waals surface area (Å²) in [7, 11) is 0. The Morgan fingerprint density at radius 3 is 2.24 bits per heavy atom. The molecule has 1 fully saturated rings. The molecule has 4 rings (SSSR count). The molecule has 2 aromatic carbocycles. The molecule has 5 N–H and O–H groups in total. The first kappa shape index (κ1) is 27.4. The third kappa shape index (κ3) is 6.41. The molecule has 1 amide bonds. The quantitative estimate of drug-likeness (QED) is 0.235. The molecule has 1 aliphatic carbocycles. The average Bonchev–Trinajstić information content (AvgIpc) is 3.62. The summed E-state index contributed by atoms with van der Waals surface area (Å²) in [4.78, 5) is 23.9. The van der Waals surface area contributed by atoms with Gasteiger partial charge in [0.2, 0.25) is 11.9 Å². The zero-order valence-corrected chi connectivity index (χ0v) is 20.8. The van der Waals surface area contributed by atoms with Crippen molar-refractivity contribution < 1.29 is 32.9 Å². The van der Waals surface area contributed by atoms with Crippen LogP contribution in [-0.4, -0.2) is 49.8 Å². The van der Waals surface area contributed by atoms with E-state index in [1.165, 1.54) is 0 Å². The van der Waals surface area contributed by atoms with Crippen LogP contribution in [-0.2, 0) is 5.54 Å². The van der Waals surface area contributed by atoms with Gasteiger partial charge < -0.3 is 30.9 Å². The highest BCUT2D eigenvalue weighted by Crippen LogP contribution is 2.48. The number of aromatic nitrogens is 3. The van der Waals surface area contributed by atoms with Crippen LogP contribution in [0.4, 0.5) is 30.8 Å². The number of aliphatic hydroxyl groups is 2. The van der Waals surface area contributed by atoms with E-state index in [1.807, 2.05) is 6.92 Å². The summed E-state index contributed by atoms with van der Waals surface area (Å²) in [6.07, 6.45) is -3.42. The lowest BCUT2D eigenvalue weighted by atomic mass is 10.1. The molecular formula is C24H24ClF3N6O4. The average molecular weight is 553 g/mol. The minimum Gasteiger partial charge on any atom is -0.398 e. The number of ether oxygens (including phenoxy) is 1. The van der Waals surface area contributed by atoms with Gasteiger partial charge in [0.15, 0.2) is 0 Å². The number of nitrogens with zero attached hydrogens (tertiary/aromatic N) is 3. The van der Waals surface area contributed by atoms with Gasteiger partial charge >= 0.3 is 18.2 Å². The number of benzene rings is 2. The monoisotopic (exact) mass is 552 g/mol. The molecule has 0 spiro atoms. The topological polar surface area (TPSA) is 142 Å². The van der Waals surface area contributed by atoms with Gasteiger partial charge in [-0.15, -0.1) is 0 Å². The molecule has 38 heavy (non-hydrogen) atoms. The molecule has 202 valence electrons. The first-order chi connectivity index (χ1) is 17.9. The lowest BCUT2D eigenvalue weighted by Gasteiger charge is -2.24. The summed E-state index contributed by atoms with van der Waals surface area (Å²) >= 11 is 5.97. The smallest absolute Gasteiger partial charge is 0.398 e. The van der Waals surface area contributed by atoms with Crippen molar-refractivity contribution in [1.82, 2.24) is 20.3 Å². The Morgan fingerprint density at radius 1 is 1.03 bits per heavy atom. The van der Waals surface area contributed by atoms with Gasteiger partial charge in [-0.05, 0) is 61.2 Å². The number of carbonyl (C=O) groups is 1. The van der Waals surface area contributed by atoms with Crippen molar-refractivity contribution in [3.05, 3.63) is 64.7 Å². The molecule has 3 aromatic rings. The van der Waals surface area contributed by atoms with E-state index in [0.717, 1.165) is 12.0 Å². The number of hydrogen-bond donors (Lipinski definition) is 5. The van der Waals surface area contributed by atoms with E-state index in [2.05, 4.69) is 35.6 Å². The summed E-state index contributed by atoms with van der Waals surface area (Å²) in [5, 5.41) is 27.9. The zero-order valence-electron chi connectivity index (χ0n) is 20.0. The van der Waals surface area contributed by atoms with Crippen LogP contribution in [0, 0.1) is 0 Å². The summed E-state index contributed by atoms with van der Waals surface area (Å²) < 4.78 is 43.3. The Kier molecular flexibility index (Phi) is 7.63. The van der Waals surface area contributed by atoms with Crippen LogP contribution in [0.3, 0.4) is 0 Å². The molecule has 10 nitrogen and oxygen atoms in total. The number of halogens is 4.